The standard InChI is InChI=1S/C15H19F2NO/c1-2-11-6-3-4-9-18(11)10-14(19)15-12(16)7-5-8-13(15)17/h5,7-8,11H,2-4,6,9-10H2,1H3. The molecule has 2 rings (SSSR count). The summed E-state index contributed by atoms with van der Waals surface area (Å²) in [5, 5.41) is 0. The summed E-state index contributed by atoms with van der Waals surface area (Å²) in [6, 6.07) is 3.89. The molecule has 104 valence electrons. The van der Waals surface area contributed by atoms with Crippen molar-refractivity contribution in [2.75, 3.05) is 13.1 Å². The molecule has 0 radical (unpaired) electrons. The highest BCUT2D eigenvalue weighted by atomic mass is 19.1. The zero-order valence-electron chi connectivity index (χ0n) is 11.2. The molecule has 1 saturated heterocycles. The Labute approximate surface area is 112 Å². The van der Waals surface area contributed by atoms with Crippen LogP contribution in [0.4, 0.5) is 8.78 Å². The van der Waals surface area contributed by atoms with Gasteiger partial charge in [-0.25, -0.2) is 8.78 Å². The molecule has 0 spiro atoms. The highest BCUT2D eigenvalue weighted by Crippen LogP contribution is 2.21. The molecule has 1 fully saturated rings. The summed E-state index contributed by atoms with van der Waals surface area (Å²) >= 11 is 0. The Hall–Kier alpha value is -1.29. The number of hydrogen-bond donors (Lipinski definition) is 0. The first-order valence-electron chi connectivity index (χ1n) is 6.84. The van der Waals surface area contributed by atoms with Crippen LogP contribution >= 0.6 is 0 Å². The maximum atomic E-state index is 13.6. The van der Waals surface area contributed by atoms with Crippen LogP contribution in [0.2, 0.25) is 0 Å². The van der Waals surface area contributed by atoms with Crippen LogP contribution in [0.15, 0.2) is 18.2 Å². The van der Waals surface area contributed by atoms with E-state index in [2.05, 4.69) is 11.8 Å². The van der Waals surface area contributed by atoms with Crippen molar-refractivity contribution in [3.8, 4) is 0 Å². The maximum absolute atomic E-state index is 13.6. The third-order valence-electron chi connectivity index (χ3n) is 3.81. The Morgan fingerprint density at radius 2 is 2.00 bits per heavy atom. The van der Waals surface area contributed by atoms with Crippen LogP contribution in [-0.4, -0.2) is 29.8 Å². The Bertz CT molecular complexity index is 441. The van der Waals surface area contributed by atoms with Crippen LogP contribution in [-0.2, 0) is 0 Å². The lowest BCUT2D eigenvalue weighted by molar-refractivity contribution is 0.0830. The van der Waals surface area contributed by atoms with Gasteiger partial charge < -0.3 is 0 Å². The molecule has 1 unspecified atom stereocenters. The number of carbonyl (C=O) groups excluding carboxylic acids is 1. The summed E-state index contributed by atoms with van der Waals surface area (Å²) in [5.41, 5.74) is -0.400. The van der Waals surface area contributed by atoms with Crippen molar-refractivity contribution in [1.82, 2.24) is 4.90 Å². The van der Waals surface area contributed by atoms with Crippen LogP contribution in [0.1, 0.15) is 43.0 Å². The maximum Gasteiger partial charge on any atom is 0.182 e. The van der Waals surface area contributed by atoms with Crippen molar-refractivity contribution in [2.45, 2.75) is 38.6 Å². The van der Waals surface area contributed by atoms with E-state index in [1.807, 2.05) is 0 Å². The van der Waals surface area contributed by atoms with Gasteiger partial charge in [0.05, 0.1) is 12.1 Å². The van der Waals surface area contributed by atoms with Gasteiger partial charge in [0, 0.05) is 6.04 Å². The molecule has 1 aromatic carbocycles. The van der Waals surface area contributed by atoms with Gasteiger partial charge in [0.1, 0.15) is 11.6 Å². The Morgan fingerprint density at radius 3 is 2.63 bits per heavy atom. The first-order valence-corrected chi connectivity index (χ1v) is 6.84. The third kappa shape index (κ3) is 3.18. The summed E-state index contributed by atoms with van der Waals surface area (Å²) in [6.45, 7) is 3.02. The molecular formula is C15H19F2NO. The number of rotatable bonds is 4. The van der Waals surface area contributed by atoms with E-state index in [0.717, 1.165) is 44.4 Å². The van der Waals surface area contributed by atoms with Gasteiger partial charge in [-0.05, 0) is 37.9 Å². The molecule has 0 bridgehead atoms. The molecule has 0 aliphatic carbocycles. The normalized spacial score (nSPS) is 20.5. The third-order valence-corrected chi connectivity index (χ3v) is 3.81. The molecule has 1 aliphatic rings. The van der Waals surface area contributed by atoms with Gasteiger partial charge >= 0.3 is 0 Å². The van der Waals surface area contributed by atoms with E-state index in [9.17, 15) is 13.6 Å². The second-order valence-corrected chi connectivity index (χ2v) is 5.05. The number of benzene rings is 1. The molecule has 1 atom stereocenters. The molecular weight excluding hydrogens is 248 g/mol. The average Bonchev–Trinajstić information content (AvgIpc) is 2.39. The van der Waals surface area contributed by atoms with Gasteiger partial charge in [0.2, 0.25) is 0 Å². The minimum absolute atomic E-state index is 0.107. The van der Waals surface area contributed by atoms with E-state index in [0.29, 0.717) is 6.04 Å². The minimum atomic E-state index is -0.768. The predicted octanol–water partition coefficient (Wildman–Crippen LogP) is 3.41. The van der Waals surface area contributed by atoms with E-state index in [1.165, 1.54) is 6.07 Å². The highest BCUT2D eigenvalue weighted by Gasteiger charge is 2.25. The number of likely N-dealkylation sites (tertiary alicyclic amines) is 1. The van der Waals surface area contributed by atoms with E-state index >= 15 is 0 Å². The van der Waals surface area contributed by atoms with Crippen molar-refractivity contribution in [1.29, 1.82) is 0 Å². The number of ketones is 1. The van der Waals surface area contributed by atoms with Crippen LogP contribution < -0.4 is 0 Å². The molecule has 4 heteroatoms. The van der Waals surface area contributed by atoms with Crippen molar-refractivity contribution in [3.05, 3.63) is 35.4 Å². The van der Waals surface area contributed by atoms with Crippen LogP contribution in [0.3, 0.4) is 0 Å². The lowest BCUT2D eigenvalue weighted by Crippen LogP contribution is -2.42. The second kappa shape index (κ2) is 6.24. The molecule has 19 heavy (non-hydrogen) atoms. The van der Waals surface area contributed by atoms with Crippen LogP contribution in [0.5, 0.6) is 0 Å². The first kappa shape index (κ1) is 14.1. The van der Waals surface area contributed by atoms with Gasteiger partial charge in [0.15, 0.2) is 5.78 Å². The topological polar surface area (TPSA) is 20.3 Å². The summed E-state index contributed by atoms with van der Waals surface area (Å²) in [7, 11) is 0. The zero-order valence-corrected chi connectivity index (χ0v) is 11.2. The summed E-state index contributed by atoms with van der Waals surface area (Å²) < 4.78 is 27.1. The SMILES string of the molecule is CCC1CCCCN1CC(=O)c1c(F)cccc1F. The number of carbonyl (C=O) groups is 1. The van der Waals surface area contributed by atoms with Gasteiger partial charge in [0.25, 0.3) is 0 Å². The summed E-state index contributed by atoms with van der Waals surface area (Å²) in [6.07, 6.45) is 4.23. The Morgan fingerprint density at radius 1 is 1.32 bits per heavy atom. The van der Waals surface area contributed by atoms with Gasteiger partial charge in [-0.3, -0.25) is 9.69 Å². The molecule has 0 aromatic heterocycles. The molecule has 2 nitrogen and oxygen atoms in total. The number of halogens is 2. The molecule has 0 amide bonds. The predicted molar refractivity (Wildman–Crippen MR) is 70.2 cm³/mol. The van der Waals surface area contributed by atoms with E-state index < -0.39 is 23.0 Å². The van der Waals surface area contributed by atoms with Gasteiger partial charge in [-0.1, -0.05) is 19.4 Å². The average molecular weight is 267 g/mol. The van der Waals surface area contributed by atoms with Crippen molar-refractivity contribution in [2.24, 2.45) is 0 Å². The van der Waals surface area contributed by atoms with Gasteiger partial charge in [-0.15, -0.1) is 0 Å². The lowest BCUT2D eigenvalue weighted by atomic mass is 9.99. The minimum Gasteiger partial charge on any atom is -0.293 e. The highest BCUT2D eigenvalue weighted by molar-refractivity contribution is 5.98. The lowest BCUT2D eigenvalue weighted by Gasteiger charge is -2.34. The van der Waals surface area contributed by atoms with E-state index in [1.54, 1.807) is 0 Å². The number of hydrogen-bond acceptors (Lipinski definition) is 2. The quantitative estimate of drug-likeness (QED) is 0.779. The van der Waals surface area contributed by atoms with Crippen molar-refractivity contribution >= 4 is 5.78 Å². The molecule has 1 aromatic rings. The number of nitrogens with zero attached hydrogens (tertiary/aromatic N) is 1. The molecule has 0 saturated carbocycles. The number of Topliss-reactive ketones (excluding diaryl/α,β-unsaturated/α-hetero) is 1. The number of piperidine rings is 1. The molecule has 0 N–H and O–H groups in total. The molecule has 1 heterocycles. The van der Waals surface area contributed by atoms with Crippen molar-refractivity contribution in [3.63, 3.8) is 0 Å². The van der Waals surface area contributed by atoms with E-state index in [-0.39, 0.29) is 6.54 Å². The largest absolute Gasteiger partial charge is 0.293 e. The fourth-order valence-corrected chi connectivity index (χ4v) is 2.76. The Kier molecular flexibility index (Phi) is 4.64. The van der Waals surface area contributed by atoms with E-state index in [4.69, 9.17) is 0 Å². The summed E-state index contributed by atoms with van der Waals surface area (Å²) in [5.74, 6) is -2.00. The van der Waals surface area contributed by atoms with Crippen LogP contribution in [0, 0.1) is 11.6 Å². The smallest absolute Gasteiger partial charge is 0.182 e. The first-order chi connectivity index (χ1) is 9.13. The van der Waals surface area contributed by atoms with Crippen LogP contribution in [0.25, 0.3) is 0 Å². The van der Waals surface area contributed by atoms with Gasteiger partial charge in [-0.2, -0.15) is 0 Å². The summed E-state index contributed by atoms with van der Waals surface area (Å²) in [4.78, 5) is 14.1. The second-order valence-electron chi connectivity index (χ2n) is 5.05. The monoisotopic (exact) mass is 267 g/mol. The molecule has 1 aliphatic heterocycles. The fourth-order valence-electron chi connectivity index (χ4n) is 2.76. The fraction of sp³-hybridized carbons (Fsp3) is 0.533. The Balaban J connectivity index is 2.12. The van der Waals surface area contributed by atoms with Crippen molar-refractivity contribution < 1.29 is 13.6 Å². The zero-order chi connectivity index (χ0) is 13.8.